The Morgan fingerprint density at radius 3 is 2.42 bits per heavy atom. The Morgan fingerprint density at radius 2 is 1.89 bits per heavy atom. The van der Waals surface area contributed by atoms with Gasteiger partial charge in [0.2, 0.25) is 0 Å². The number of anilines is 1. The van der Waals surface area contributed by atoms with Crippen molar-refractivity contribution < 1.29 is 4.79 Å². The average molecular weight is 264 g/mol. The van der Waals surface area contributed by atoms with E-state index in [0.29, 0.717) is 29.9 Å². The van der Waals surface area contributed by atoms with Gasteiger partial charge in [0.15, 0.2) is 0 Å². The summed E-state index contributed by atoms with van der Waals surface area (Å²) < 4.78 is 0. The third kappa shape index (κ3) is 6.18. The first-order valence-electron chi connectivity index (χ1n) is 6.83. The smallest absolute Gasteiger partial charge is 0.271 e. The van der Waals surface area contributed by atoms with Crippen LogP contribution in [0.15, 0.2) is 12.4 Å². The van der Waals surface area contributed by atoms with Gasteiger partial charge < -0.3 is 10.6 Å². The summed E-state index contributed by atoms with van der Waals surface area (Å²) in [6, 6.07) is 0. The standard InChI is InChI=1S/C14H24N4O/c1-10(2)5-6-15-14(19)12-8-18-13(9-16-12)17-7-11(3)4/h8-11H,5-7H2,1-4H3,(H,15,19)(H,17,18). The van der Waals surface area contributed by atoms with E-state index in [1.54, 1.807) is 6.20 Å². The molecule has 0 saturated heterocycles. The molecule has 106 valence electrons. The lowest BCUT2D eigenvalue weighted by Gasteiger charge is -2.09. The Bertz CT molecular complexity index is 387. The van der Waals surface area contributed by atoms with Gasteiger partial charge in [0.25, 0.3) is 5.91 Å². The van der Waals surface area contributed by atoms with E-state index in [-0.39, 0.29) is 5.91 Å². The Morgan fingerprint density at radius 1 is 1.16 bits per heavy atom. The molecule has 1 aromatic rings. The molecule has 0 aliphatic rings. The summed E-state index contributed by atoms with van der Waals surface area (Å²) in [5, 5.41) is 6.00. The fourth-order valence-corrected chi connectivity index (χ4v) is 1.41. The minimum Gasteiger partial charge on any atom is -0.369 e. The lowest BCUT2D eigenvalue weighted by Crippen LogP contribution is -2.26. The van der Waals surface area contributed by atoms with E-state index in [1.165, 1.54) is 6.20 Å². The normalized spacial score (nSPS) is 10.8. The van der Waals surface area contributed by atoms with Crippen molar-refractivity contribution in [2.24, 2.45) is 11.8 Å². The van der Waals surface area contributed by atoms with Crippen molar-refractivity contribution >= 4 is 11.7 Å². The van der Waals surface area contributed by atoms with E-state index in [2.05, 4.69) is 48.3 Å². The van der Waals surface area contributed by atoms with Crippen LogP contribution in [0.25, 0.3) is 0 Å². The van der Waals surface area contributed by atoms with Crippen LogP contribution in [0, 0.1) is 11.8 Å². The van der Waals surface area contributed by atoms with Crippen molar-refractivity contribution in [1.82, 2.24) is 15.3 Å². The highest BCUT2D eigenvalue weighted by Crippen LogP contribution is 2.03. The summed E-state index contributed by atoms with van der Waals surface area (Å²) in [5.41, 5.74) is 0.360. The van der Waals surface area contributed by atoms with Crippen LogP contribution in [0.3, 0.4) is 0 Å². The monoisotopic (exact) mass is 264 g/mol. The molecular weight excluding hydrogens is 240 g/mol. The molecule has 0 atom stereocenters. The molecule has 1 heterocycles. The van der Waals surface area contributed by atoms with Gasteiger partial charge in [-0.1, -0.05) is 27.7 Å². The van der Waals surface area contributed by atoms with Crippen LogP contribution >= 0.6 is 0 Å². The first-order valence-corrected chi connectivity index (χ1v) is 6.83. The van der Waals surface area contributed by atoms with Gasteiger partial charge in [-0.15, -0.1) is 0 Å². The minimum atomic E-state index is -0.163. The molecule has 1 amide bonds. The first-order chi connectivity index (χ1) is 8.99. The number of nitrogens with zero attached hydrogens (tertiary/aromatic N) is 2. The lowest BCUT2D eigenvalue weighted by molar-refractivity contribution is 0.0946. The van der Waals surface area contributed by atoms with E-state index in [0.717, 1.165) is 13.0 Å². The van der Waals surface area contributed by atoms with Crippen LogP contribution in [0.4, 0.5) is 5.82 Å². The molecule has 0 spiro atoms. The zero-order chi connectivity index (χ0) is 14.3. The van der Waals surface area contributed by atoms with Crippen LogP contribution in [0.1, 0.15) is 44.6 Å². The maximum atomic E-state index is 11.8. The summed E-state index contributed by atoms with van der Waals surface area (Å²) in [5.74, 6) is 1.66. The lowest BCUT2D eigenvalue weighted by atomic mass is 10.1. The van der Waals surface area contributed by atoms with E-state index in [4.69, 9.17) is 0 Å². The molecule has 0 aromatic carbocycles. The minimum absolute atomic E-state index is 0.163. The molecule has 1 rings (SSSR count). The number of hydrogen-bond acceptors (Lipinski definition) is 4. The third-order valence-electron chi connectivity index (χ3n) is 2.58. The van der Waals surface area contributed by atoms with Crippen LogP contribution in [0.2, 0.25) is 0 Å². The van der Waals surface area contributed by atoms with Gasteiger partial charge in [0, 0.05) is 13.1 Å². The Labute approximate surface area is 115 Å². The first kappa shape index (κ1) is 15.4. The van der Waals surface area contributed by atoms with Gasteiger partial charge in [0.1, 0.15) is 11.5 Å². The molecule has 2 N–H and O–H groups in total. The van der Waals surface area contributed by atoms with Crippen molar-refractivity contribution in [1.29, 1.82) is 0 Å². The fourth-order valence-electron chi connectivity index (χ4n) is 1.41. The zero-order valence-electron chi connectivity index (χ0n) is 12.2. The Hall–Kier alpha value is -1.65. The van der Waals surface area contributed by atoms with E-state index < -0.39 is 0 Å². The van der Waals surface area contributed by atoms with E-state index in [1.807, 2.05) is 0 Å². The van der Waals surface area contributed by atoms with Gasteiger partial charge >= 0.3 is 0 Å². The van der Waals surface area contributed by atoms with Crippen molar-refractivity contribution in [2.45, 2.75) is 34.1 Å². The predicted molar refractivity (Wildman–Crippen MR) is 77.1 cm³/mol. The van der Waals surface area contributed by atoms with Gasteiger partial charge in [0.05, 0.1) is 12.4 Å². The second kappa shape index (κ2) is 7.71. The van der Waals surface area contributed by atoms with Gasteiger partial charge in [-0.3, -0.25) is 4.79 Å². The predicted octanol–water partition coefficient (Wildman–Crippen LogP) is 2.32. The summed E-state index contributed by atoms with van der Waals surface area (Å²) >= 11 is 0. The van der Waals surface area contributed by atoms with Crippen molar-refractivity contribution in [3.63, 3.8) is 0 Å². The topological polar surface area (TPSA) is 66.9 Å². The molecule has 0 bridgehead atoms. The second-order valence-electron chi connectivity index (χ2n) is 5.50. The quantitative estimate of drug-likeness (QED) is 0.793. The fraction of sp³-hybridized carbons (Fsp3) is 0.643. The molecule has 5 nitrogen and oxygen atoms in total. The number of nitrogens with one attached hydrogen (secondary N) is 2. The zero-order valence-corrected chi connectivity index (χ0v) is 12.2. The van der Waals surface area contributed by atoms with Crippen LogP contribution in [-0.2, 0) is 0 Å². The molecule has 0 aliphatic carbocycles. The summed E-state index contributed by atoms with van der Waals surface area (Å²) in [6.07, 6.45) is 4.07. The maximum absolute atomic E-state index is 11.8. The Balaban J connectivity index is 2.44. The highest BCUT2D eigenvalue weighted by molar-refractivity contribution is 5.91. The molecule has 1 aromatic heterocycles. The number of aromatic nitrogens is 2. The average Bonchev–Trinajstić information content (AvgIpc) is 2.36. The van der Waals surface area contributed by atoms with Crippen LogP contribution in [-0.4, -0.2) is 29.0 Å². The van der Waals surface area contributed by atoms with Crippen molar-refractivity contribution in [3.8, 4) is 0 Å². The highest BCUT2D eigenvalue weighted by Gasteiger charge is 2.07. The van der Waals surface area contributed by atoms with Gasteiger partial charge in [-0.2, -0.15) is 0 Å². The summed E-state index contributed by atoms with van der Waals surface area (Å²) in [6.45, 7) is 10.0. The molecule has 0 unspecified atom stereocenters. The SMILES string of the molecule is CC(C)CCNC(=O)c1cnc(NCC(C)C)cn1. The van der Waals surface area contributed by atoms with Gasteiger partial charge in [-0.25, -0.2) is 9.97 Å². The molecule has 0 radical (unpaired) electrons. The van der Waals surface area contributed by atoms with Crippen LogP contribution < -0.4 is 10.6 Å². The number of rotatable bonds is 7. The highest BCUT2D eigenvalue weighted by atomic mass is 16.1. The second-order valence-corrected chi connectivity index (χ2v) is 5.50. The number of hydrogen-bond donors (Lipinski definition) is 2. The van der Waals surface area contributed by atoms with Gasteiger partial charge in [-0.05, 0) is 18.3 Å². The van der Waals surface area contributed by atoms with E-state index >= 15 is 0 Å². The van der Waals surface area contributed by atoms with E-state index in [9.17, 15) is 4.79 Å². The molecule has 0 fully saturated rings. The molecule has 0 aliphatic heterocycles. The molecule has 19 heavy (non-hydrogen) atoms. The third-order valence-corrected chi connectivity index (χ3v) is 2.58. The summed E-state index contributed by atoms with van der Waals surface area (Å²) in [4.78, 5) is 20.1. The Kier molecular flexibility index (Phi) is 6.25. The molecular formula is C14H24N4O. The molecule has 5 heteroatoms. The molecule has 0 saturated carbocycles. The summed E-state index contributed by atoms with van der Waals surface area (Å²) in [7, 11) is 0. The van der Waals surface area contributed by atoms with Crippen molar-refractivity contribution in [3.05, 3.63) is 18.1 Å². The van der Waals surface area contributed by atoms with Crippen molar-refractivity contribution in [2.75, 3.05) is 18.4 Å². The number of carbonyl (C=O) groups is 1. The number of amides is 1. The van der Waals surface area contributed by atoms with Crippen LogP contribution in [0.5, 0.6) is 0 Å². The maximum Gasteiger partial charge on any atom is 0.271 e. The number of carbonyl (C=O) groups excluding carboxylic acids is 1. The largest absolute Gasteiger partial charge is 0.369 e.